The maximum atomic E-state index is 15.1. The van der Waals surface area contributed by atoms with Gasteiger partial charge in [0, 0.05) is 29.1 Å². The van der Waals surface area contributed by atoms with E-state index in [0.29, 0.717) is 22.4 Å². The van der Waals surface area contributed by atoms with Crippen molar-refractivity contribution in [2.75, 3.05) is 5.32 Å². The number of aliphatic imine (C=N–C) groups is 1. The smallest absolute Gasteiger partial charge is 0.269 e. The number of benzodiazepines with no additional fused rings is 1. The molecule has 0 bridgehead atoms. The number of nitrogens with zero attached hydrogens (tertiary/aromatic N) is 4. The Morgan fingerprint density at radius 2 is 1.82 bits per heavy atom. The highest BCUT2D eigenvalue weighted by molar-refractivity contribution is 6.20. The standard InChI is InChI=1S/C29H20F2N6O3/c30-20-9-4-8-19-23(17-6-2-1-3-7-17)33-26(29(40)34-24(19)20)35-28(39)22-25(36-37-13-5-12-32-27(22)37)18-11-10-16(15-38)14-21(18)31/h1-14,26,38H,15H2,(H,34,40)(H,35,39)/t26-/m1/s1. The van der Waals surface area contributed by atoms with Crippen molar-refractivity contribution in [3.05, 3.63) is 119 Å². The van der Waals surface area contributed by atoms with E-state index in [2.05, 4.69) is 25.7 Å². The summed E-state index contributed by atoms with van der Waals surface area (Å²) in [6.07, 6.45) is 1.53. The Kier molecular flexibility index (Phi) is 6.33. The van der Waals surface area contributed by atoms with Gasteiger partial charge in [0.1, 0.15) is 22.9 Å². The maximum Gasteiger partial charge on any atom is 0.269 e. The Hall–Kier alpha value is -5.29. The van der Waals surface area contributed by atoms with Crippen LogP contribution in [0, 0.1) is 11.6 Å². The second kappa shape index (κ2) is 10.1. The number of halogens is 2. The van der Waals surface area contributed by atoms with Gasteiger partial charge in [0.15, 0.2) is 5.65 Å². The number of carbonyl (C=O) groups excluding carboxylic acids is 2. The molecule has 1 aliphatic rings. The predicted octanol–water partition coefficient (Wildman–Crippen LogP) is 3.71. The molecule has 2 amide bonds. The molecule has 3 heterocycles. The first-order valence-corrected chi connectivity index (χ1v) is 12.2. The van der Waals surface area contributed by atoms with Gasteiger partial charge in [-0.2, -0.15) is 5.10 Å². The lowest BCUT2D eigenvalue weighted by atomic mass is 10.0. The summed E-state index contributed by atoms with van der Waals surface area (Å²) in [4.78, 5) is 35.8. The first kappa shape index (κ1) is 25.0. The van der Waals surface area contributed by atoms with E-state index in [-0.39, 0.29) is 34.8 Å². The third kappa shape index (κ3) is 4.37. The van der Waals surface area contributed by atoms with Crippen molar-refractivity contribution >= 4 is 28.9 Å². The molecule has 0 unspecified atom stereocenters. The van der Waals surface area contributed by atoms with Gasteiger partial charge in [-0.25, -0.2) is 23.3 Å². The van der Waals surface area contributed by atoms with Gasteiger partial charge < -0.3 is 15.7 Å². The number of carbonyl (C=O) groups is 2. The number of aliphatic hydroxyl groups excluding tert-OH is 1. The van der Waals surface area contributed by atoms with Crippen LogP contribution in [0.1, 0.15) is 27.0 Å². The van der Waals surface area contributed by atoms with Crippen molar-refractivity contribution in [2.24, 2.45) is 4.99 Å². The number of rotatable bonds is 5. The summed E-state index contributed by atoms with van der Waals surface area (Å²) in [6.45, 7) is -0.362. The van der Waals surface area contributed by atoms with Gasteiger partial charge in [-0.1, -0.05) is 48.5 Å². The molecule has 1 atom stereocenters. The van der Waals surface area contributed by atoms with Crippen LogP contribution in [0.4, 0.5) is 14.5 Å². The van der Waals surface area contributed by atoms with Gasteiger partial charge in [-0.05, 0) is 29.8 Å². The molecule has 9 nitrogen and oxygen atoms in total. The first-order valence-electron chi connectivity index (χ1n) is 12.2. The van der Waals surface area contributed by atoms with Crippen molar-refractivity contribution in [2.45, 2.75) is 12.8 Å². The van der Waals surface area contributed by atoms with Crippen LogP contribution in [0.15, 0.2) is 90.2 Å². The molecule has 0 fully saturated rings. The van der Waals surface area contributed by atoms with E-state index in [0.717, 1.165) is 6.07 Å². The Morgan fingerprint density at radius 3 is 2.60 bits per heavy atom. The van der Waals surface area contributed by atoms with Crippen LogP contribution < -0.4 is 10.6 Å². The molecule has 3 aromatic carbocycles. The second-order valence-electron chi connectivity index (χ2n) is 8.96. The Balaban J connectivity index is 1.45. The number of benzene rings is 3. The van der Waals surface area contributed by atoms with Crippen molar-refractivity contribution in [3.63, 3.8) is 0 Å². The summed E-state index contributed by atoms with van der Waals surface area (Å²) in [5.74, 6) is -2.92. The fourth-order valence-corrected chi connectivity index (χ4v) is 4.55. The molecule has 3 N–H and O–H groups in total. The number of hydrogen-bond acceptors (Lipinski definition) is 6. The molecule has 0 spiro atoms. The summed E-state index contributed by atoms with van der Waals surface area (Å²) in [7, 11) is 0. The average Bonchev–Trinajstić information content (AvgIpc) is 3.29. The van der Waals surface area contributed by atoms with Crippen LogP contribution in [0.5, 0.6) is 0 Å². The molecule has 5 aromatic rings. The third-order valence-corrected chi connectivity index (χ3v) is 6.43. The van der Waals surface area contributed by atoms with Crippen molar-refractivity contribution in [1.29, 1.82) is 0 Å². The fourth-order valence-electron chi connectivity index (χ4n) is 4.55. The summed E-state index contributed by atoms with van der Waals surface area (Å²) >= 11 is 0. The van der Waals surface area contributed by atoms with Crippen molar-refractivity contribution in [1.82, 2.24) is 19.9 Å². The minimum atomic E-state index is -1.47. The predicted molar refractivity (Wildman–Crippen MR) is 143 cm³/mol. The van der Waals surface area contributed by atoms with Gasteiger partial charge in [0.25, 0.3) is 11.8 Å². The molecule has 11 heteroatoms. The van der Waals surface area contributed by atoms with Gasteiger partial charge in [0.2, 0.25) is 6.17 Å². The lowest BCUT2D eigenvalue weighted by molar-refractivity contribution is -0.117. The molecular formula is C29H20F2N6O3. The molecule has 1 aliphatic heterocycles. The normalized spacial score (nSPS) is 14.7. The first-order chi connectivity index (χ1) is 19.4. The SMILES string of the molecule is O=C(N[C@H]1N=C(c2ccccc2)c2cccc(F)c2NC1=O)c1c(-c2ccc(CO)cc2F)nn2cccnc12. The Morgan fingerprint density at radius 1 is 1.00 bits per heavy atom. The quantitative estimate of drug-likeness (QED) is 0.315. The number of fused-ring (bicyclic) bond motifs is 2. The third-order valence-electron chi connectivity index (χ3n) is 6.43. The minimum Gasteiger partial charge on any atom is -0.392 e. The van der Waals surface area contributed by atoms with E-state index in [1.165, 1.54) is 35.0 Å². The molecule has 2 aromatic heterocycles. The second-order valence-corrected chi connectivity index (χ2v) is 8.96. The van der Waals surface area contributed by atoms with Gasteiger partial charge in [-0.15, -0.1) is 0 Å². The van der Waals surface area contributed by atoms with E-state index in [9.17, 15) is 19.1 Å². The summed E-state index contributed by atoms with van der Waals surface area (Å²) in [5, 5.41) is 18.9. The van der Waals surface area contributed by atoms with Gasteiger partial charge in [-0.3, -0.25) is 9.59 Å². The number of nitrogens with one attached hydrogen (secondary N) is 2. The molecule has 40 heavy (non-hydrogen) atoms. The van der Waals surface area contributed by atoms with Crippen LogP contribution in [-0.2, 0) is 11.4 Å². The van der Waals surface area contributed by atoms with Gasteiger partial charge >= 0.3 is 0 Å². The van der Waals surface area contributed by atoms with E-state index in [4.69, 9.17) is 0 Å². The Labute approximate surface area is 225 Å². The molecular weight excluding hydrogens is 518 g/mol. The number of aliphatic hydroxyl groups is 1. The largest absolute Gasteiger partial charge is 0.392 e. The molecule has 0 radical (unpaired) electrons. The maximum absolute atomic E-state index is 15.1. The zero-order valence-corrected chi connectivity index (χ0v) is 20.7. The number of aromatic nitrogens is 3. The highest BCUT2D eigenvalue weighted by atomic mass is 19.1. The Bertz CT molecular complexity index is 1820. The number of anilines is 1. The van der Waals surface area contributed by atoms with E-state index < -0.39 is 29.6 Å². The van der Waals surface area contributed by atoms with Crippen LogP contribution in [0.2, 0.25) is 0 Å². The lowest BCUT2D eigenvalue weighted by Gasteiger charge is -2.14. The topological polar surface area (TPSA) is 121 Å². The van der Waals surface area contributed by atoms with Crippen molar-refractivity contribution in [3.8, 4) is 11.3 Å². The van der Waals surface area contributed by atoms with Gasteiger partial charge in [0.05, 0.1) is 18.0 Å². The number of para-hydroxylation sites is 1. The molecule has 0 saturated carbocycles. The minimum absolute atomic E-state index is 0.00104. The van der Waals surface area contributed by atoms with E-state index in [1.54, 1.807) is 42.6 Å². The number of amides is 2. The van der Waals surface area contributed by atoms with Crippen LogP contribution in [-0.4, -0.2) is 43.4 Å². The molecule has 0 aliphatic carbocycles. The summed E-state index contributed by atoms with van der Waals surface area (Å²) in [5.41, 5.74) is 1.55. The van der Waals surface area contributed by atoms with E-state index in [1.807, 2.05) is 6.07 Å². The molecule has 6 rings (SSSR count). The molecule has 0 saturated heterocycles. The summed E-state index contributed by atoms with van der Waals surface area (Å²) < 4.78 is 31.2. The highest BCUT2D eigenvalue weighted by Crippen LogP contribution is 2.30. The van der Waals surface area contributed by atoms with Crippen LogP contribution in [0.3, 0.4) is 0 Å². The van der Waals surface area contributed by atoms with Crippen LogP contribution >= 0.6 is 0 Å². The van der Waals surface area contributed by atoms with Crippen LogP contribution in [0.25, 0.3) is 16.9 Å². The fraction of sp³-hybridized carbons (Fsp3) is 0.0690. The van der Waals surface area contributed by atoms with E-state index >= 15 is 4.39 Å². The zero-order chi connectivity index (χ0) is 27.8. The molecule has 198 valence electrons. The number of hydrogen-bond donors (Lipinski definition) is 3. The average molecular weight is 539 g/mol. The lowest BCUT2D eigenvalue weighted by Crippen LogP contribution is -2.42. The van der Waals surface area contributed by atoms with Crippen molar-refractivity contribution < 1.29 is 23.5 Å². The summed E-state index contributed by atoms with van der Waals surface area (Å²) in [6, 6.07) is 18.9. The zero-order valence-electron chi connectivity index (χ0n) is 20.7. The highest BCUT2D eigenvalue weighted by Gasteiger charge is 2.31. The monoisotopic (exact) mass is 538 g/mol.